The number of halogens is 1. The van der Waals surface area contributed by atoms with Gasteiger partial charge in [0, 0.05) is 24.8 Å². The van der Waals surface area contributed by atoms with Crippen LogP contribution in [0, 0.1) is 0 Å². The molecule has 0 bridgehead atoms. The Balaban J connectivity index is 2.34. The van der Waals surface area contributed by atoms with Gasteiger partial charge in [-0.3, -0.25) is 9.48 Å². The topological polar surface area (TPSA) is 64.2 Å². The number of aryl methyl sites for hydroxylation is 1. The van der Waals surface area contributed by atoms with Crippen molar-refractivity contribution in [2.24, 2.45) is 7.05 Å². The lowest BCUT2D eigenvalue weighted by Crippen LogP contribution is -2.28. The number of nitrogens with zero attached hydrogens (tertiary/aromatic N) is 3. The second-order valence-electron chi connectivity index (χ2n) is 3.91. The SMILES string of the molecule is CN(C(=O)c1ccnn1C)c1ccc(Br)cc1N. The molecule has 1 amide bonds. The molecule has 94 valence electrons. The van der Waals surface area contributed by atoms with E-state index in [0.717, 1.165) is 4.47 Å². The van der Waals surface area contributed by atoms with Crippen LogP contribution in [0.5, 0.6) is 0 Å². The molecule has 2 N–H and O–H groups in total. The Hall–Kier alpha value is -1.82. The third kappa shape index (κ3) is 2.24. The molecule has 2 aromatic rings. The molecule has 0 aliphatic rings. The van der Waals surface area contributed by atoms with Crippen LogP contribution in [0.1, 0.15) is 10.5 Å². The summed E-state index contributed by atoms with van der Waals surface area (Å²) in [6.45, 7) is 0. The van der Waals surface area contributed by atoms with E-state index in [-0.39, 0.29) is 5.91 Å². The van der Waals surface area contributed by atoms with Crippen molar-refractivity contribution in [2.45, 2.75) is 0 Å². The van der Waals surface area contributed by atoms with Crippen LogP contribution >= 0.6 is 15.9 Å². The van der Waals surface area contributed by atoms with Gasteiger partial charge in [-0.05, 0) is 24.3 Å². The monoisotopic (exact) mass is 308 g/mol. The number of carbonyl (C=O) groups is 1. The van der Waals surface area contributed by atoms with Gasteiger partial charge in [-0.1, -0.05) is 15.9 Å². The van der Waals surface area contributed by atoms with Gasteiger partial charge in [0.05, 0.1) is 11.4 Å². The summed E-state index contributed by atoms with van der Waals surface area (Å²) in [5.41, 5.74) is 7.63. The molecule has 0 aliphatic heterocycles. The zero-order valence-electron chi connectivity index (χ0n) is 10.1. The minimum absolute atomic E-state index is 0.149. The van der Waals surface area contributed by atoms with E-state index < -0.39 is 0 Å². The Bertz CT molecular complexity index is 594. The van der Waals surface area contributed by atoms with Gasteiger partial charge < -0.3 is 10.6 Å². The summed E-state index contributed by atoms with van der Waals surface area (Å²) in [7, 11) is 3.42. The van der Waals surface area contributed by atoms with Crippen LogP contribution < -0.4 is 10.6 Å². The lowest BCUT2D eigenvalue weighted by molar-refractivity contribution is 0.0984. The molecule has 18 heavy (non-hydrogen) atoms. The van der Waals surface area contributed by atoms with Gasteiger partial charge in [-0.15, -0.1) is 0 Å². The van der Waals surface area contributed by atoms with Crippen LogP contribution in [0.15, 0.2) is 34.9 Å². The first kappa shape index (κ1) is 12.6. The predicted octanol–water partition coefficient (Wildman–Crippen LogP) is 2.04. The summed E-state index contributed by atoms with van der Waals surface area (Å²) in [6, 6.07) is 7.09. The zero-order valence-corrected chi connectivity index (χ0v) is 11.7. The second-order valence-corrected chi connectivity index (χ2v) is 4.82. The molecule has 0 fully saturated rings. The molecular weight excluding hydrogens is 296 g/mol. The Labute approximate surface area is 113 Å². The van der Waals surface area contributed by atoms with Crippen LogP contribution in [0.25, 0.3) is 0 Å². The van der Waals surface area contributed by atoms with E-state index in [9.17, 15) is 4.79 Å². The number of anilines is 2. The number of nitrogen functional groups attached to an aromatic ring is 1. The summed E-state index contributed by atoms with van der Waals surface area (Å²) in [6.07, 6.45) is 1.59. The maximum absolute atomic E-state index is 12.3. The molecule has 1 aromatic carbocycles. The largest absolute Gasteiger partial charge is 0.397 e. The number of hydrogen-bond acceptors (Lipinski definition) is 3. The smallest absolute Gasteiger partial charge is 0.276 e. The zero-order chi connectivity index (χ0) is 13.3. The quantitative estimate of drug-likeness (QED) is 0.864. The lowest BCUT2D eigenvalue weighted by Gasteiger charge is -2.19. The van der Waals surface area contributed by atoms with E-state index in [0.29, 0.717) is 17.1 Å². The third-order valence-corrected chi connectivity index (χ3v) is 3.19. The molecule has 6 heteroatoms. The molecular formula is C12H13BrN4O. The normalized spacial score (nSPS) is 10.4. The van der Waals surface area contributed by atoms with E-state index in [1.807, 2.05) is 6.07 Å². The Morgan fingerprint density at radius 1 is 1.44 bits per heavy atom. The van der Waals surface area contributed by atoms with Crippen LogP contribution in [0.4, 0.5) is 11.4 Å². The number of rotatable bonds is 2. The highest BCUT2D eigenvalue weighted by Crippen LogP contribution is 2.26. The molecule has 0 saturated heterocycles. The summed E-state index contributed by atoms with van der Waals surface area (Å²) in [5.74, 6) is -0.149. The standard InChI is InChI=1S/C12H13BrN4O/c1-16(10-4-3-8(13)7-9(10)14)12(18)11-5-6-15-17(11)2/h3-7H,14H2,1-2H3. The fraction of sp³-hybridized carbons (Fsp3) is 0.167. The summed E-state index contributed by atoms with van der Waals surface area (Å²) < 4.78 is 2.42. The molecule has 0 spiro atoms. The number of aromatic nitrogens is 2. The number of amides is 1. The first-order chi connectivity index (χ1) is 8.50. The van der Waals surface area contributed by atoms with E-state index >= 15 is 0 Å². The van der Waals surface area contributed by atoms with E-state index in [1.54, 1.807) is 38.5 Å². The van der Waals surface area contributed by atoms with Crippen LogP contribution in [0.2, 0.25) is 0 Å². The van der Waals surface area contributed by atoms with Gasteiger partial charge >= 0.3 is 0 Å². The maximum Gasteiger partial charge on any atom is 0.276 e. The van der Waals surface area contributed by atoms with Crippen molar-refractivity contribution in [3.8, 4) is 0 Å². The lowest BCUT2D eigenvalue weighted by atomic mass is 10.2. The Morgan fingerprint density at radius 2 is 2.17 bits per heavy atom. The van der Waals surface area contributed by atoms with Gasteiger partial charge in [0.15, 0.2) is 0 Å². The average molecular weight is 309 g/mol. The van der Waals surface area contributed by atoms with Crippen LogP contribution in [0.3, 0.4) is 0 Å². The molecule has 5 nitrogen and oxygen atoms in total. The van der Waals surface area contributed by atoms with Gasteiger partial charge in [0.25, 0.3) is 5.91 Å². The average Bonchev–Trinajstić information content (AvgIpc) is 2.74. The maximum atomic E-state index is 12.3. The second kappa shape index (κ2) is 4.81. The highest BCUT2D eigenvalue weighted by Gasteiger charge is 2.18. The van der Waals surface area contributed by atoms with Crippen molar-refractivity contribution >= 4 is 33.2 Å². The van der Waals surface area contributed by atoms with Crippen molar-refractivity contribution < 1.29 is 4.79 Å². The fourth-order valence-corrected chi connectivity index (χ4v) is 2.07. The minimum atomic E-state index is -0.149. The molecule has 2 rings (SSSR count). The van der Waals surface area contributed by atoms with Crippen molar-refractivity contribution in [3.05, 3.63) is 40.6 Å². The van der Waals surface area contributed by atoms with Gasteiger partial charge in [0.2, 0.25) is 0 Å². The van der Waals surface area contributed by atoms with Crippen molar-refractivity contribution in [1.82, 2.24) is 9.78 Å². The first-order valence-electron chi connectivity index (χ1n) is 5.32. The number of benzene rings is 1. The van der Waals surface area contributed by atoms with Gasteiger partial charge in [-0.25, -0.2) is 0 Å². The number of hydrogen-bond donors (Lipinski definition) is 1. The minimum Gasteiger partial charge on any atom is -0.397 e. The van der Waals surface area contributed by atoms with Gasteiger partial charge in [-0.2, -0.15) is 5.10 Å². The first-order valence-corrected chi connectivity index (χ1v) is 6.11. The molecule has 1 aromatic heterocycles. The molecule has 0 aliphatic carbocycles. The van der Waals surface area contributed by atoms with Crippen molar-refractivity contribution in [1.29, 1.82) is 0 Å². The summed E-state index contributed by atoms with van der Waals surface area (Å²) in [5, 5.41) is 3.98. The highest BCUT2D eigenvalue weighted by molar-refractivity contribution is 9.10. The number of carbonyl (C=O) groups excluding carboxylic acids is 1. The highest BCUT2D eigenvalue weighted by atomic mass is 79.9. The predicted molar refractivity (Wildman–Crippen MR) is 74.5 cm³/mol. The van der Waals surface area contributed by atoms with E-state index in [4.69, 9.17) is 5.73 Å². The van der Waals surface area contributed by atoms with Crippen LogP contribution in [-0.4, -0.2) is 22.7 Å². The molecule has 1 heterocycles. The number of nitrogens with two attached hydrogens (primary N) is 1. The van der Waals surface area contributed by atoms with Crippen LogP contribution in [-0.2, 0) is 7.05 Å². The van der Waals surface area contributed by atoms with Crippen molar-refractivity contribution in [3.63, 3.8) is 0 Å². The molecule has 0 unspecified atom stereocenters. The van der Waals surface area contributed by atoms with E-state index in [1.165, 1.54) is 9.58 Å². The summed E-state index contributed by atoms with van der Waals surface area (Å²) >= 11 is 3.34. The summed E-state index contributed by atoms with van der Waals surface area (Å²) in [4.78, 5) is 13.8. The third-order valence-electron chi connectivity index (χ3n) is 2.70. The molecule has 0 saturated carbocycles. The Morgan fingerprint density at radius 3 is 2.72 bits per heavy atom. The van der Waals surface area contributed by atoms with E-state index in [2.05, 4.69) is 21.0 Å². The molecule has 0 atom stereocenters. The fourth-order valence-electron chi connectivity index (χ4n) is 1.70. The van der Waals surface area contributed by atoms with Gasteiger partial charge in [0.1, 0.15) is 5.69 Å². The van der Waals surface area contributed by atoms with Crippen molar-refractivity contribution in [2.75, 3.05) is 17.7 Å². The Kier molecular flexibility index (Phi) is 3.38. The molecule has 0 radical (unpaired) electrons.